The summed E-state index contributed by atoms with van der Waals surface area (Å²) in [6.07, 6.45) is 0. The molecule has 3 rings (SSSR count). The highest BCUT2D eigenvalue weighted by Gasteiger charge is 2.34. The van der Waals surface area contributed by atoms with Crippen LogP contribution in [0.4, 0.5) is 10.1 Å². The van der Waals surface area contributed by atoms with Gasteiger partial charge in [-0.1, -0.05) is 12.1 Å². The molecule has 1 heterocycles. The van der Waals surface area contributed by atoms with E-state index < -0.39 is 15.8 Å². The van der Waals surface area contributed by atoms with E-state index in [2.05, 4.69) is 0 Å². The normalized spacial score (nSPS) is 17.8. The van der Waals surface area contributed by atoms with Crippen molar-refractivity contribution in [2.45, 2.75) is 24.8 Å². The van der Waals surface area contributed by atoms with Crippen LogP contribution in [0.25, 0.3) is 0 Å². The van der Waals surface area contributed by atoms with Crippen LogP contribution in [-0.2, 0) is 10.0 Å². The Hall–Kier alpha value is -2.08. The summed E-state index contributed by atoms with van der Waals surface area (Å²) in [4.78, 5) is 0.0787. The third kappa shape index (κ3) is 2.33. The van der Waals surface area contributed by atoms with Crippen molar-refractivity contribution in [1.82, 2.24) is 0 Å². The molecule has 2 aromatic rings. The zero-order chi connectivity index (χ0) is 15.9. The third-order valence-corrected chi connectivity index (χ3v) is 5.59. The van der Waals surface area contributed by atoms with Gasteiger partial charge in [-0.05, 0) is 49.7 Å². The average molecular weight is 321 g/mol. The van der Waals surface area contributed by atoms with Gasteiger partial charge in [-0.25, -0.2) is 12.8 Å². The molecule has 4 nitrogen and oxygen atoms in total. The Bertz CT molecular complexity index is 820. The Morgan fingerprint density at radius 2 is 1.95 bits per heavy atom. The minimum Gasteiger partial charge on any atom is -0.489 e. The lowest BCUT2D eigenvalue weighted by atomic mass is 10.2. The minimum absolute atomic E-state index is 0.0787. The van der Waals surface area contributed by atoms with Crippen LogP contribution in [0.2, 0.25) is 0 Å². The van der Waals surface area contributed by atoms with E-state index in [0.29, 0.717) is 17.0 Å². The fraction of sp³-hybridized carbons (Fsp3) is 0.250. The molecule has 0 saturated heterocycles. The van der Waals surface area contributed by atoms with Gasteiger partial charge in [0.1, 0.15) is 18.2 Å². The Kier molecular flexibility index (Phi) is 3.56. The molecule has 0 aromatic heterocycles. The van der Waals surface area contributed by atoms with Gasteiger partial charge in [-0.2, -0.15) is 0 Å². The van der Waals surface area contributed by atoms with Crippen LogP contribution in [0.1, 0.15) is 12.5 Å². The zero-order valence-electron chi connectivity index (χ0n) is 12.3. The van der Waals surface area contributed by atoms with Gasteiger partial charge in [0.15, 0.2) is 0 Å². The molecule has 116 valence electrons. The van der Waals surface area contributed by atoms with Crippen LogP contribution in [0.5, 0.6) is 5.75 Å². The van der Waals surface area contributed by atoms with Crippen LogP contribution < -0.4 is 9.04 Å². The fourth-order valence-electron chi connectivity index (χ4n) is 2.53. The van der Waals surface area contributed by atoms with Crippen LogP contribution in [0.15, 0.2) is 47.4 Å². The van der Waals surface area contributed by atoms with Crippen LogP contribution in [0, 0.1) is 12.7 Å². The molecule has 2 aromatic carbocycles. The number of hydrogen-bond acceptors (Lipinski definition) is 3. The molecule has 6 heteroatoms. The van der Waals surface area contributed by atoms with E-state index in [1.165, 1.54) is 22.5 Å². The van der Waals surface area contributed by atoms with Gasteiger partial charge in [0.2, 0.25) is 0 Å². The van der Waals surface area contributed by atoms with Gasteiger partial charge < -0.3 is 4.74 Å². The van der Waals surface area contributed by atoms with Crippen molar-refractivity contribution in [1.29, 1.82) is 0 Å². The van der Waals surface area contributed by atoms with Crippen LogP contribution in [0.3, 0.4) is 0 Å². The molecule has 0 radical (unpaired) electrons. The number of rotatable bonds is 2. The van der Waals surface area contributed by atoms with Gasteiger partial charge in [0.25, 0.3) is 10.0 Å². The predicted octanol–water partition coefficient (Wildman–Crippen LogP) is 3.11. The van der Waals surface area contributed by atoms with Gasteiger partial charge in [-0.15, -0.1) is 0 Å². The summed E-state index contributed by atoms with van der Waals surface area (Å²) in [5, 5.41) is 0. The molecule has 1 unspecified atom stereocenters. The standard InChI is InChI=1S/C16H16FNO3S/c1-11-9-13(7-8-14(11)17)22(19,20)18-12(2)10-21-16-6-4-3-5-15(16)18/h3-9,12H,10H2,1-2H3. The molecular formula is C16H16FNO3S. The van der Waals surface area contributed by atoms with E-state index in [9.17, 15) is 12.8 Å². The Labute approximate surface area is 129 Å². The summed E-state index contributed by atoms with van der Waals surface area (Å²) in [6.45, 7) is 3.60. The number of ether oxygens (including phenoxy) is 1. The Morgan fingerprint density at radius 1 is 1.23 bits per heavy atom. The van der Waals surface area contributed by atoms with Gasteiger partial charge in [-0.3, -0.25) is 4.31 Å². The average Bonchev–Trinajstić information content (AvgIpc) is 2.49. The summed E-state index contributed by atoms with van der Waals surface area (Å²) in [5.74, 6) is 0.109. The first-order chi connectivity index (χ1) is 10.4. The second-order valence-corrected chi connectivity index (χ2v) is 7.15. The van der Waals surface area contributed by atoms with Crippen molar-refractivity contribution in [2.24, 2.45) is 0 Å². The molecule has 1 atom stereocenters. The fourth-order valence-corrected chi connectivity index (χ4v) is 4.27. The van der Waals surface area contributed by atoms with E-state index in [4.69, 9.17) is 4.74 Å². The second-order valence-electron chi connectivity index (χ2n) is 5.34. The highest BCUT2D eigenvalue weighted by molar-refractivity contribution is 7.92. The van der Waals surface area contributed by atoms with Gasteiger partial charge in [0, 0.05) is 0 Å². The molecule has 0 aliphatic carbocycles. The maximum Gasteiger partial charge on any atom is 0.264 e. The summed E-state index contributed by atoms with van der Waals surface area (Å²) in [7, 11) is -3.78. The molecule has 0 amide bonds. The lowest BCUT2D eigenvalue weighted by molar-refractivity contribution is 0.281. The first-order valence-corrected chi connectivity index (χ1v) is 8.37. The van der Waals surface area contributed by atoms with Crippen molar-refractivity contribution in [3.05, 3.63) is 53.8 Å². The monoisotopic (exact) mass is 321 g/mol. The summed E-state index contributed by atoms with van der Waals surface area (Å²) >= 11 is 0. The van der Waals surface area contributed by atoms with Crippen molar-refractivity contribution in [3.8, 4) is 5.75 Å². The number of anilines is 1. The van der Waals surface area contributed by atoms with E-state index >= 15 is 0 Å². The predicted molar refractivity (Wildman–Crippen MR) is 82.2 cm³/mol. The molecule has 1 aliphatic heterocycles. The molecule has 0 bridgehead atoms. The molecule has 0 fully saturated rings. The number of aryl methyl sites for hydroxylation is 1. The quantitative estimate of drug-likeness (QED) is 0.854. The van der Waals surface area contributed by atoms with E-state index in [1.807, 2.05) is 0 Å². The largest absolute Gasteiger partial charge is 0.489 e. The lowest BCUT2D eigenvalue weighted by Gasteiger charge is -2.35. The Morgan fingerprint density at radius 3 is 2.68 bits per heavy atom. The number of hydrogen-bond donors (Lipinski definition) is 0. The van der Waals surface area contributed by atoms with E-state index in [0.717, 1.165) is 0 Å². The van der Waals surface area contributed by atoms with Crippen molar-refractivity contribution >= 4 is 15.7 Å². The highest BCUT2D eigenvalue weighted by Crippen LogP contribution is 2.37. The first-order valence-electron chi connectivity index (χ1n) is 6.93. The smallest absolute Gasteiger partial charge is 0.264 e. The maximum absolute atomic E-state index is 13.4. The number of sulfonamides is 1. The number of halogens is 1. The molecule has 22 heavy (non-hydrogen) atoms. The van der Waals surface area contributed by atoms with Crippen LogP contribution in [-0.4, -0.2) is 21.1 Å². The zero-order valence-corrected chi connectivity index (χ0v) is 13.1. The molecule has 0 N–H and O–H groups in total. The van der Waals surface area contributed by atoms with Crippen molar-refractivity contribution in [2.75, 3.05) is 10.9 Å². The molecule has 1 aliphatic rings. The number of fused-ring (bicyclic) bond motifs is 1. The minimum atomic E-state index is -3.78. The Balaban J connectivity index is 2.14. The SMILES string of the molecule is Cc1cc(S(=O)(=O)N2c3ccccc3OCC2C)ccc1F. The number of para-hydroxylation sites is 2. The topological polar surface area (TPSA) is 46.6 Å². The number of nitrogens with zero attached hydrogens (tertiary/aromatic N) is 1. The maximum atomic E-state index is 13.4. The van der Waals surface area contributed by atoms with Crippen molar-refractivity contribution < 1.29 is 17.5 Å². The van der Waals surface area contributed by atoms with Crippen molar-refractivity contribution in [3.63, 3.8) is 0 Å². The highest BCUT2D eigenvalue weighted by atomic mass is 32.2. The van der Waals surface area contributed by atoms with Crippen LogP contribution >= 0.6 is 0 Å². The molecular weight excluding hydrogens is 305 g/mol. The van der Waals surface area contributed by atoms with E-state index in [1.54, 1.807) is 38.1 Å². The van der Waals surface area contributed by atoms with Gasteiger partial charge >= 0.3 is 0 Å². The van der Waals surface area contributed by atoms with E-state index in [-0.39, 0.29) is 17.5 Å². The summed E-state index contributed by atoms with van der Waals surface area (Å²) in [5.41, 5.74) is 0.804. The first kappa shape index (κ1) is 14.8. The molecule has 0 spiro atoms. The lowest BCUT2D eigenvalue weighted by Crippen LogP contribution is -2.45. The number of benzene rings is 2. The molecule has 0 saturated carbocycles. The summed E-state index contributed by atoms with van der Waals surface area (Å²) < 4.78 is 46.3. The van der Waals surface area contributed by atoms with Gasteiger partial charge in [0.05, 0.1) is 16.6 Å². The second kappa shape index (κ2) is 5.28. The summed E-state index contributed by atoms with van der Waals surface area (Å²) in [6, 6.07) is 10.5. The third-order valence-electron chi connectivity index (χ3n) is 3.67.